The van der Waals surface area contributed by atoms with Gasteiger partial charge in [0.05, 0.1) is 18.8 Å². The number of nitrogens with one attached hydrogen (secondary N) is 1. The summed E-state index contributed by atoms with van der Waals surface area (Å²) in [6.45, 7) is 4.06. The average molecular weight is 796 g/mol. The molecule has 332 valence electrons. The number of aliphatic hydroxyl groups is 2. The summed E-state index contributed by atoms with van der Waals surface area (Å²) in [5, 5.41) is 22.5. The lowest BCUT2D eigenvalue weighted by Gasteiger charge is -2.19. The predicted octanol–water partition coefficient (Wildman–Crippen LogP) is 16.1. The van der Waals surface area contributed by atoms with Crippen molar-refractivity contribution in [2.24, 2.45) is 0 Å². The first-order chi connectivity index (χ1) is 28.2. The Morgan fingerprint density at radius 2 is 0.772 bits per heavy atom. The number of amides is 1. The quantitative estimate of drug-likeness (QED) is 0.0425. The van der Waals surface area contributed by atoms with Crippen LogP contribution < -0.4 is 5.32 Å². The van der Waals surface area contributed by atoms with Gasteiger partial charge in [-0.3, -0.25) is 4.79 Å². The number of carbonyl (C=O) groups excluding carboxylic acids is 1. The number of allylic oxidation sites excluding steroid dienone is 9. The van der Waals surface area contributed by atoms with E-state index in [0.717, 1.165) is 57.8 Å². The molecule has 3 N–H and O–H groups in total. The maximum atomic E-state index is 12.2. The van der Waals surface area contributed by atoms with Crippen molar-refractivity contribution in [1.29, 1.82) is 0 Å². The average Bonchev–Trinajstić information content (AvgIpc) is 3.22. The van der Waals surface area contributed by atoms with Crippen LogP contribution in [-0.2, 0) is 4.79 Å². The van der Waals surface area contributed by atoms with Gasteiger partial charge >= 0.3 is 0 Å². The molecular formula is C53H97NO3. The first-order valence-electron chi connectivity index (χ1n) is 25.0. The van der Waals surface area contributed by atoms with Crippen molar-refractivity contribution in [2.75, 3.05) is 6.61 Å². The number of hydrogen-bond acceptors (Lipinski definition) is 3. The molecule has 2 atom stereocenters. The van der Waals surface area contributed by atoms with E-state index in [2.05, 4.69) is 67.8 Å². The molecule has 0 spiro atoms. The van der Waals surface area contributed by atoms with Crippen LogP contribution in [0, 0.1) is 0 Å². The van der Waals surface area contributed by atoms with Gasteiger partial charge in [0.15, 0.2) is 0 Å². The highest BCUT2D eigenvalue weighted by atomic mass is 16.3. The smallest absolute Gasteiger partial charge is 0.220 e. The number of aliphatic hydroxyl groups excluding tert-OH is 2. The molecule has 0 heterocycles. The molecule has 0 bridgehead atoms. The van der Waals surface area contributed by atoms with Crippen molar-refractivity contribution in [3.63, 3.8) is 0 Å². The van der Waals surface area contributed by atoms with Crippen molar-refractivity contribution in [3.8, 4) is 0 Å². The van der Waals surface area contributed by atoms with E-state index in [0.29, 0.717) is 6.42 Å². The van der Waals surface area contributed by atoms with Crippen LogP contribution in [0.5, 0.6) is 0 Å². The largest absolute Gasteiger partial charge is 0.394 e. The number of carbonyl (C=O) groups is 1. The fourth-order valence-corrected chi connectivity index (χ4v) is 7.45. The van der Waals surface area contributed by atoms with E-state index in [4.69, 9.17) is 0 Å². The van der Waals surface area contributed by atoms with E-state index in [1.165, 1.54) is 173 Å². The van der Waals surface area contributed by atoms with Gasteiger partial charge in [-0.1, -0.05) is 254 Å². The molecular weight excluding hydrogens is 699 g/mol. The monoisotopic (exact) mass is 796 g/mol. The zero-order chi connectivity index (χ0) is 41.4. The normalized spacial score (nSPS) is 13.4. The molecule has 57 heavy (non-hydrogen) atoms. The molecule has 0 aromatic carbocycles. The summed E-state index contributed by atoms with van der Waals surface area (Å²) in [7, 11) is 0. The molecule has 0 aromatic heterocycles. The molecule has 0 radical (unpaired) electrons. The molecule has 0 aliphatic heterocycles. The third kappa shape index (κ3) is 45.0. The van der Waals surface area contributed by atoms with E-state index in [-0.39, 0.29) is 12.5 Å². The third-order valence-electron chi connectivity index (χ3n) is 11.3. The Kier molecular flexibility index (Phi) is 46.8. The highest BCUT2D eigenvalue weighted by Gasteiger charge is 2.17. The molecule has 1 amide bonds. The van der Waals surface area contributed by atoms with Crippen LogP contribution in [0.3, 0.4) is 0 Å². The zero-order valence-electron chi connectivity index (χ0n) is 38.1. The predicted molar refractivity (Wildman–Crippen MR) is 253 cm³/mol. The van der Waals surface area contributed by atoms with Gasteiger partial charge in [-0.2, -0.15) is 0 Å². The van der Waals surface area contributed by atoms with Gasteiger partial charge in [-0.05, 0) is 51.4 Å². The summed E-state index contributed by atoms with van der Waals surface area (Å²) in [6, 6.07) is -0.616. The van der Waals surface area contributed by atoms with Gasteiger partial charge in [0.2, 0.25) is 5.91 Å². The van der Waals surface area contributed by atoms with Crippen molar-refractivity contribution in [3.05, 3.63) is 60.8 Å². The van der Waals surface area contributed by atoms with E-state index < -0.39 is 12.1 Å². The van der Waals surface area contributed by atoms with Gasteiger partial charge in [0.25, 0.3) is 0 Å². The highest BCUT2D eigenvalue weighted by Crippen LogP contribution is 2.17. The minimum Gasteiger partial charge on any atom is -0.394 e. The SMILES string of the molecule is CC/C=C\C/C=C\C/C=C\C/C=C\CCCCCCCCCCCCCCCCCCCCCCCCCCCCCCC(=O)NC(CO)C(O)/C=C/CCCC. The van der Waals surface area contributed by atoms with Crippen LogP contribution >= 0.6 is 0 Å². The second-order valence-corrected chi connectivity index (χ2v) is 16.9. The van der Waals surface area contributed by atoms with Gasteiger partial charge in [-0.25, -0.2) is 0 Å². The number of rotatable bonds is 45. The molecule has 4 nitrogen and oxygen atoms in total. The second-order valence-electron chi connectivity index (χ2n) is 16.9. The summed E-state index contributed by atoms with van der Waals surface area (Å²) < 4.78 is 0. The summed E-state index contributed by atoms with van der Waals surface area (Å²) in [5.74, 6) is -0.0708. The summed E-state index contributed by atoms with van der Waals surface area (Å²) in [5.41, 5.74) is 0. The molecule has 0 saturated heterocycles. The van der Waals surface area contributed by atoms with Crippen LogP contribution in [-0.4, -0.2) is 34.9 Å². The summed E-state index contributed by atoms with van der Waals surface area (Å²) in [4.78, 5) is 12.2. The van der Waals surface area contributed by atoms with E-state index in [1.807, 2.05) is 6.08 Å². The molecule has 0 fully saturated rings. The van der Waals surface area contributed by atoms with Gasteiger partial charge in [0, 0.05) is 6.42 Å². The molecule has 0 rings (SSSR count). The summed E-state index contributed by atoms with van der Waals surface area (Å²) >= 11 is 0. The first-order valence-corrected chi connectivity index (χ1v) is 25.0. The Morgan fingerprint density at radius 3 is 1.14 bits per heavy atom. The van der Waals surface area contributed by atoms with Gasteiger partial charge < -0.3 is 15.5 Å². The van der Waals surface area contributed by atoms with Crippen LogP contribution in [0.1, 0.15) is 251 Å². The Balaban J connectivity index is 3.29. The Hall–Kier alpha value is -1.91. The van der Waals surface area contributed by atoms with Crippen molar-refractivity contribution < 1.29 is 15.0 Å². The van der Waals surface area contributed by atoms with Crippen LogP contribution in [0.2, 0.25) is 0 Å². The van der Waals surface area contributed by atoms with E-state index in [1.54, 1.807) is 6.08 Å². The molecule has 4 heteroatoms. The fraction of sp³-hybridized carbons (Fsp3) is 0.792. The van der Waals surface area contributed by atoms with Gasteiger partial charge in [-0.15, -0.1) is 0 Å². The fourth-order valence-electron chi connectivity index (χ4n) is 7.45. The lowest BCUT2D eigenvalue weighted by molar-refractivity contribution is -0.123. The van der Waals surface area contributed by atoms with Crippen LogP contribution in [0.25, 0.3) is 0 Å². The van der Waals surface area contributed by atoms with E-state index >= 15 is 0 Å². The van der Waals surface area contributed by atoms with Crippen LogP contribution in [0.15, 0.2) is 60.8 Å². The van der Waals surface area contributed by atoms with Crippen molar-refractivity contribution in [2.45, 2.75) is 264 Å². The second kappa shape index (κ2) is 48.5. The highest BCUT2D eigenvalue weighted by molar-refractivity contribution is 5.76. The first kappa shape index (κ1) is 55.1. The molecule has 0 aromatic rings. The summed E-state index contributed by atoms with van der Waals surface area (Å²) in [6.07, 6.45) is 68.7. The topological polar surface area (TPSA) is 69.6 Å². The Morgan fingerprint density at radius 1 is 0.439 bits per heavy atom. The number of hydrogen-bond donors (Lipinski definition) is 3. The van der Waals surface area contributed by atoms with Crippen molar-refractivity contribution in [1.82, 2.24) is 5.32 Å². The molecule has 0 aliphatic rings. The minimum absolute atomic E-state index is 0.0708. The minimum atomic E-state index is -0.833. The molecule has 0 aliphatic carbocycles. The van der Waals surface area contributed by atoms with Crippen molar-refractivity contribution >= 4 is 5.91 Å². The molecule has 0 saturated carbocycles. The third-order valence-corrected chi connectivity index (χ3v) is 11.3. The maximum Gasteiger partial charge on any atom is 0.220 e. The Bertz CT molecular complexity index is 950. The molecule has 2 unspecified atom stereocenters. The lowest BCUT2D eigenvalue weighted by atomic mass is 10.0. The lowest BCUT2D eigenvalue weighted by Crippen LogP contribution is -2.45. The zero-order valence-corrected chi connectivity index (χ0v) is 38.1. The Labute approximate surface area is 356 Å². The van der Waals surface area contributed by atoms with E-state index in [9.17, 15) is 15.0 Å². The number of unbranched alkanes of at least 4 members (excludes halogenated alkanes) is 30. The maximum absolute atomic E-state index is 12.2. The van der Waals surface area contributed by atoms with Crippen LogP contribution in [0.4, 0.5) is 0 Å². The van der Waals surface area contributed by atoms with Gasteiger partial charge in [0.1, 0.15) is 0 Å². The standard InChI is InChI=1S/C53H97NO3/c1-3-5-7-9-10-11-12-13-14-15-16-17-18-19-20-21-22-23-24-25-26-27-28-29-30-31-32-33-34-35-36-37-38-39-40-41-42-43-44-45-47-49-53(57)54-51(50-55)52(56)48-46-8-6-4-2/h5,7,10-11,13-14,16-17,46,48,51-52,55-56H,3-4,6,8-9,12,15,18-45,47,49-50H2,1-2H3,(H,54,57)/b7-5-,11-10-,14-13-,17-16-,48-46+.